The Morgan fingerprint density at radius 2 is 2.00 bits per heavy atom. The van der Waals surface area contributed by atoms with Crippen molar-refractivity contribution in [3.05, 3.63) is 29.8 Å². The molecule has 0 fully saturated rings. The molecule has 0 aromatic heterocycles. The number of aliphatic carboxylic acids is 1. The van der Waals surface area contributed by atoms with Crippen LogP contribution in [-0.2, 0) is 11.3 Å². The van der Waals surface area contributed by atoms with Crippen molar-refractivity contribution in [2.24, 2.45) is 0 Å². The van der Waals surface area contributed by atoms with Crippen LogP contribution in [0, 0.1) is 0 Å². The van der Waals surface area contributed by atoms with Crippen LogP contribution in [0.2, 0.25) is 0 Å². The molecule has 4 heteroatoms. The van der Waals surface area contributed by atoms with Gasteiger partial charge in [-0.3, -0.25) is 4.90 Å². The van der Waals surface area contributed by atoms with E-state index in [-0.39, 0.29) is 0 Å². The average Bonchev–Trinajstić information content (AvgIpc) is 2.42. The summed E-state index contributed by atoms with van der Waals surface area (Å²) in [6.45, 7) is 9.08. The summed E-state index contributed by atoms with van der Waals surface area (Å²) in [7, 11) is 0. The zero-order valence-electron chi connectivity index (χ0n) is 12.0. The fourth-order valence-electron chi connectivity index (χ4n) is 2.00. The first kappa shape index (κ1) is 15.5. The number of hydrogen-bond acceptors (Lipinski definition) is 3. The smallest absolute Gasteiger partial charge is 0.326 e. The second-order valence-electron chi connectivity index (χ2n) is 4.61. The zero-order valence-corrected chi connectivity index (χ0v) is 12.0. The van der Waals surface area contributed by atoms with Crippen molar-refractivity contribution in [3.8, 4) is 0 Å². The highest BCUT2D eigenvalue weighted by Crippen LogP contribution is 2.14. The second-order valence-corrected chi connectivity index (χ2v) is 4.61. The Balaban J connectivity index is 2.73. The molecule has 1 rings (SSSR count). The SMILES string of the molecule is CCC(Nc1cccc(CN(CC)CC)c1)C(=O)O. The molecular weight excluding hydrogens is 240 g/mol. The van der Waals surface area contributed by atoms with Gasteiger partial charge in [0, 0.05) is 12.2 Å². The Morgan fingerprint density at radius 3 is 2.53 bits per heavy atom. The molecule has 0 saturated carbocycles. The minimum Gasteiger partial charge on any atom is -0.480 e. The van der Waals surface area contributed by atoms with Crippen LogP contribution < -0.4 is 5.32 Å². The Bertz CT molecular complexity index is 403. The van der Waals surface area contributed by atoms with Gasteiger partial charge >= 0.3 is 5.97 Å². The quantitative estimate of drug-likeness (QED) is 0.758. The molecule has 0 aliphatic carbocycles. The van der Waals surface area contributed by atoms with Crippen molar-refractivity contribution in [3.63, 3.8) is 0 Å². The van der Waals surface area contributed by atoms with Gasteiger partial charge in [0.15, 0.2) is 0 Å². The molecule has 0 bridgehead atoms. The third kappa shape index (κ3) is 4.91. The van der Waals surface area contributed by atoms with Crippen molar-refractivity contribution in [2.45, 2.75) is 39.8 Å². The summed E-state index contributed by atoms with van der Waals surface area (Å²) in [4.78, 5) is 13.3. The third-order valence-corrected chi connectivity index (χ3v) is 3.27. The number of benzene rings is 1. The maximum absolute atomic E-state index is 11.0. The Hall–Kier alpha value is -1.55. The van der Waals surface area contributed by atoms with Crippen LogP contribution in [0.3, 0.4) is 0 Å². The van der Waals surface area contributed by atoms with Crippen molar-refractivity contribution in [1.29, 1.82) is 0 Å². The number of nitrogens with zero attached hydrogens (tertiary/aromatic N) is 1. The van der Waals surface area contributed by atoms with Gasteiger partial charge in [0.25, 0.3) is 0 Å². The lowest BCUT2D eigenvalue weighted by Gasteiger charge is -2.19. The van der Waals surface area contributed by atoms with E-state index in [0.717, 1.165) is 25.3 Å². The van der Waals surface area contributed by atoms with Crippen LogP contribution in [0.5, 0.6) is 0 Å². The van der Waals surface area contributed by atoms with Gasteiger partial charge in [-0.05, 0) is 37.2 Å². The fraction of sp³-hybridized carbons (Fsp3) is 0.533. The first-order chi connectivity index (χ1) is 9.10. The van der Waals surface area contributed by atoms with Gasteiger partial charge in [0.2, 0.25) is 0 Å². The first-order valence-electron chi connectivity index (χ1n) is 6.91. The average molecular weight is 264 g/mol. The monoisotopic (exact) mass is 264 g/mol. The summed E-state index contributed by atoms with van der Waals surface area (Å²) >= 11 is 0. The fourth-order valence-corrected chi connectivity index (χ4v) is 2.00. The highest BCUT2D eigenvalue weighted by Gasteiger charge is 2.14. The highest BCUT2D eigenvalue weighted by molar-refractivity contribution is 5.77. The second kappa shape index (κ2) is 7.79. The number of hydrogen-bond donors (Lipinski definition) is 2. The largest absolute Gasteiger partial charge is 0.480 e. The van der Waals surface area contributed by atoms with Gasteiger partial charge in [-0.1, -0.05) is 32.9 Å². The van der Waals surface area contributed by atoms with E-state index in [2.05, 4.69) is 30.1 Å². The predicted molar refractivity (Wildman–Crippen MR) is 78.4 cm³/mol. The van der Waals surface area contributed by atoms with E-state index in [1.165, 1.54) is 5.56 Å². The minimum atomic E-state index is -0.809. The van der Waals surface area contributed by atoms with Crippen LogP contribution in [-0.4, -0.2) is 35.1 Å². The first-order valence-corrected chi connectivity index (χ1v) is 6.91. The van der Waals surface area contributed by atoms with Gasteiger partial charge in [-0.25, -0.2) is 4.79 Å². The molecular formula is C15H24N2O2. The lowest BCUT2D eigenvalue weighted by molar-refractivity contribution is -0.137. The van der Waals surface area contributed by atoms with Crippen LogP contribution in [0.15, 0.2) is 24.3 Å². The molecule has 1 atom stereocenters. The van der Waals surface area contributed by atoms with E-state index in [0.29, 0.717) is 6.42 Å². The molecule has 4 nitrogen and oxygen atoms in total. The van der Waals surface area contributed by atoms with Gasteiger partial charge in [-0.15, -0.1) is 0 Å². The van der Waals surface area contributed by atoms with Gasteiger partial charge in [0.05, 0.1) is 0 Å². The van der Waals surface area contributed by atoms with Gasteiger partial charge in [-0.2, -0.15) is 0 Å². The number of carboxylic acid groups (broad SMARTS) is 1. The number of nitrogens with one attached hydrogen (secondary N) is 1. The minimum absolute atomic E-state index is 0.524. The Labute approximate surface area is 115 Å². The van der Waals surface area contributed by atoms with E-state index in [1.54, 1.807) is 0 Å². The van der Waals surface area contributed by atoms with E-state index in [1.807, 2.05) is 25.1 Å². The van der Waals surface area contributed by atoms with Crippen molar-refractivity contribution >= 4 is 11.7 Å². The molecule has 0 aliphatic heterocycles. The maximum Gasteiger partial charge on any atom is 0.326 e. The zero-order chi connectivity index (χ0) is 14.3. The van der Waals surface area contributed by atoms with Crippen molar-refractivity contribution in [2.75, 3.05) is 18.4 Å². The summed E-state index contributed by atoms with van der Waals surface area (Å²) in [5.41, 5.74) is 2.08. The summed E-state index contributed by atoms with van der Waals surface area (Å²) in [6.07, 6.45) is 0.565. The Morgan fingerprint density at radius 1 is 1.32 bits per heavy atom. The number of carbonyl (C=O) groups is 1. The number of rotatable bonds is 8. The number of anilines is 1. The summed E-state index contributed by atoms with van der Waals surface area (Å²) in [5.74, 6) is -0.809. The summed E-state index contributed by atoms with van der Waals surface area (Å²) in [6, 6.07) is 7.46. The van der Waals surface area contributed by atoms with Gasteiger partial charge < -0.3 is 10.4 Å². The van der Waals surface area contributed by atoms with Crippen molar-refractivity contribution < 1.29 is 9.90 Å². The molecule has 2 N–H and O–H groups in total. The molecule has 106 valence electrons. The standard InChI is InChI=1S/C15H24N2O2/c1-4-14(15(18)19)16-13-9-7-8-12(10-13)11-17(5-2)6-3/h7-10,14,16H,4-6,11H2,1-3H3,(H,18,19). The number of carboxylic acids is 1. The highest BCUT2D eigenvalue weighted by atomic mass is 16.4. The van der Waals surface area contributed by atoms with Crippen LogP contribution in [0.4, 0.5) is 5.69 Å². The third-order valence-electron chi connectivity index (χ3n) is 3.27. The van der Waals surface area contributed by atoms with E-state index in [9.17, 15) is 4.79 Å². The molecule has 1 aromatic carbocycles. The summed E-state index contributed by atoms with van der Waals surface area (Å²) < 4.78 is 0. The molecule has 0 radical (unpaired) electrons. The molecule has 1 unspecified atom stereocenters. The lowest BCUT2D eigenvalue weighted by Crippen LogP contribution is -2.28. The Kier molecular flexibility index (Phi) is 6.36. The molecule has 0 heterocycles. The van der Waals surface area contributed by atoms with E-state index >= 15 is 0 Å². The summed E-state index contributed by atoms with van der Waals surface area (Å²) in [5, 5.41) is 12.1. The molecule has 0 saturated heterocycles. The normalized spacial score (nSPS) is 12.4. The van der Waals surface area contributed by atoms with Crippen LogP contribution >= 0.6 is 0 Å². The maximum atomic E-state index is 11.0. The van der Waals surface area contributed by atoms with E-state index < -0.39 is 12.0 Å². The topological polar surface area (TPSA) is 52.6 Å². The van der Waals surface area contributed by atoms with Crippen LogP contribution in [0.1, 0.15) is 32.8 Å². The van der Waals surface area contributed by atoms with Gasteiger partial charge in [0.1, 0.15) is 6.04 Å². The molecule has 0 spiro atoms. The van der Waals surface area contributed by atoms with E-state index in [4.69, 9.17) is 5.11 Å². The van der Waals surface area contributed by atoms with Crippen LogP contribution in [0.25, 0.3) is 0 Å². The predicted octanol–water partition coefficient (Wildman–Crippen LogP) is 2.80. The molecule has 0 amide bonds. The molecule has 19 heavy (non-hydrogen) atoms. The molecule has 0 aliphatic rings. The molecule has 1 aromatic rings. The van der Waals surface area contributed by atoms with Crippen molar-refractivity contribution in [1.82, 2.24) is 4.90 Å². The lowest BCUT2D eigenvalue weighted by atomic mass is 10.1.